The first-order valence-electron chi connectivity index (χ1n) is 6.86. The third-order valence-electron chi connectivity index (χ3n) is 3.43. The molecule has 2 heterocycles. The van der Waals surface area contributed by atoms with Gasteiger partial charge < -0.3 is 9.84 Å². The molecule has 8 heteroatoms. The summed E-state index contributed by atoms with van der Waals surface area (Å²) < 4.78 is 33.8. The SMILES string of the molecule is CNCC1CCCCN1S(=O)(=O)NCc1cc(C)on1. The maximum absolute atomic E-state index is 12.4. The summed E-state index contributed by atoms with van der Waals surface area (Å²) in [5, 5.41) is 6.84. The predicted octanol–water partition coefficient (Wildman–Crippen LogP) is 0.391. The van der Waals surface area contributed by atoms with Crippen molar-refractivity contribution in [3.05, 3.63) is 17.5 Å². The summed E-state index contributed by atoms with van der Waals surface area (Å²) in [6.45, 7) is 3.17. The van der Waals surface area contributed by atoms with Crippen molar-refractivity contribution in [2.75, 3.05) is 20.1 Å². The highest BCUT2D eigenvalue weighted by Gasteiger charge is 2.31. The quantitative estimate of drug-likeness (QED) is 0.794. The van der Waals surface area contributed by atoms with Gasteiger partial charge in [-0.15, -0.1) is 0 Å². The van der Waals surface area contributed by atoms with Gasteiger partial charge >= 0.3 is 0 Å². The van der Waals surface area contributed by atoms with Crippen molar-refractivity contribution >= 4 is 10.2 Å². The van der Waals surface area contributed by atoms with E-state index in [0.717, 1.165) is 19.3 Å². The Labute approximate surface area is 119 Å². The average molecular weight is 302 g/mol. The number of nitrogens with one attached hydrogen (secondary N) is 2. The molecule has 1 aromatic rings. The third kappa shape index (κ3) is 3.78. The first-order valence-corrected chi connectivity index (χ1v) is 8.30. The Morgan fingerprint density at radius 3 is 2.95 bits per heavy atom. The van der Waals surface area contributed by atoms with Crippen LogP contribution in [0.1, 0.15) is 30.7 Å². The Hall–Kier alpha value is -0.960. The largest absolute Gasteiger partial charge is 0.361 e. The van der Waals surface area contributed by atoms with Crippen LogP contribution in [0.4, 0.5) is 0 Å². The van der Waals surface area contributed by atoms with Crippen molar-refractivity contribution in [3.63, 3.8) is 0 Å². The highest BCUT2D eigenvalue weighted by atomic mass is 32.2. The molecule has 2 N–H and O–H groups in total. The highest BCUT2D eigenvalue weighted by Crippen LogP contribution is 2.19. The van der Waals surface area contributed by atoms with E-state index in [1.54, 1.807) is 17.3 Å². The van der Waals surface area contributed by atoms with Crippen molar-refractivity contribution in [3.8, 4) is 0 Å². The summed E-state index contributed by atoms with van der Waals surface area (Å²) in [6.07, 6.45) is 2.87. The van der Waals surface area contributed by atoms with E-state index in [-0.39, 0.29) is 12.6 Å². The zero-order valence-corrected chi connectivity index (χ0v) is 12.7. The molecule has 1 unspecified atom stereocenters. The van der Waals surface area contributed by atoms with Gasteiger partial charge in [-0.2, -0.15) is 17.4 Å². The fourth-order valence-electron chi connectivity index (χ4n) is 2.48. The van der Waals surface area contributed by atoms with Crippen molar-refractivity contribution in [2.24, 2.45) is 0 Å². The maximum Gasteiger partial charge on any atom is 0.280 e. The zero-order chi connectivity index (χ0) is 14.6. The first kappa shape index (κ1) is 15.4. The van der Waals surface area contributed by atoms with Gasteiger partial charge in [-0.3, -0.25) is 0 Å². The fourth-order valence-corrected chi connectivity index (χ4v) is 3.92. The second-order valence-electron chi connectivity index (χ2n) is 5.07. The van der Waals surface area contributed by atoms with Gasteiger partial charge in [0.2, 0.25) is 0 Å². The van der Waals surface area contributed by atoms with Crippen molar-refractivity contribution < 1.29 is 12.9 Å². The molecule has 2 rings (SSSR count). The van der Waals surface area contributed by atoms with Crippen molar-refractivity contribution in [2.45, 2.75) is 38.8 Å². The van der Waals surface area contributed by atoms with Gasteiger partial charge in [-0.25, -0.2) is 0 Å². The van der Waals surface area contributed by atoms with Crippen LogP contribution in [0.2, 0.25) is 0 Å². The number of piperidine rings is 1. The maximum atomic E-state index is 12.4. The van der Waals surface area contributed by atoms with Crippen LogP contribution in [0.3, 0.4) is 0 Å². The Morgan fingerprint density at radius 1 is 1.50 bits per heavy atom. The second kappa shape index (κ2) is 6.66. The summed E-state index contributed by atoms with van der Waals surface area (Å²) in [5.41, 5.74) is 0.591. The lowest BCUT2D eigenvalue weighted by Crippen LogP contribution is -2.51. The Balaban J connectivity index is 2.00. The lowest BCUT2D eigenvalue weighted by Gasteiger charge is -2.34. The molecule has 1 saturated heterocycles. The van der Waals surface area contributed by atoms with Crippen LogP contribution in [0.15, 0.2) is 10.6 Å². The number of hydrogen-bond donors (Lipinski definition) is 2. The van der Waals surface area contributed by atoms with Gasteiger partial charge in [0.15, 0.2) is 0 Å². The summed E-state index contributed by atoms with van der Waals surface area (Å²) in [5.74, 6) is 0.672. The molecular formula is C12H22N4O3S. The fraction of sp³-hybridized carbons (Fsp3) is 0.750. The Bertz CT molecular complexity index is 527. The van der Waals surface area contributed by atoms with E-state index in [1.807, 2.05) is 7.05 Å². The van der Waals surface area contributed by atoms with Gasteiger partial charge in [0, 0.05) is 25.2 Å². The Kier molecular flexibility index (Phi) is 5.14. The molecule has 0 aromatic carbocycles. The summed E-state index contributed by atoms with van der Waals surface area (Å²) in [4.78, 5) is 0. The summed E-state index contributed by atoms with van der Waals surface area (Å²) >= 11 is 0. The predicted molar refractivity (Wildman–Crippen MR) is 75.3 cm³/mol. The van der Waals surface area contributed by atoms with Gasteiger partial charge in [0.25, 0.3) is 10.2 Å². The second-order valence-corrected chi connectivity index (χ2v) is 6.78. The number of nitrogens with zero attached hydrogens (tertiary/aromatic N) is 2. The van der Waals surface area contributed by atoms with E-state index in [4.69, 9.17) is 4.52 Å². The molecule has 114 valence electrons. The minimum atomic E-state index is -3.48. The summed E-state index contributed by atoms with van der Waals surface area (Å²) in [6, 6.07) is 1.74. The lowest BCUT2D eigenvalue weighted by atomic mass is 10.1. The van der Waals surface area contributed by atoms with E-state index in [0.29, 0.717) is 24.5 Å². The number of hydrogen-bond acceptors (Lipinski definition) is 5. The molecule has 0 amide bonds. The molecule has 1 aliphatic rings. The van der Waals surface area contributed by atoms with Crippen LogP contribution in [0, 0.1) is 6.92 Å². The molecule has 0 spiro atoms. The molecule has 0 radical (unpaired) electrons. The van der Waals surface area contributed by atoms with Crippen LogP contribution in [0.5, 0.6) is 0 Å². The number of aryl methyl sites for hydroxylation is 1. The molecule has 0 aliphatic carbocycles. The number of rotatable bonds is 6. The number of likely N-dealkylation sites (N-methyl/N-ethyl adjacent to an activating group) is 1. The van der Waals surface area contributed by atoms with E-state index in [2.05, 4.69) is 15.2 Å². The molecule has 1 fully saturated rings. The van der Waals surface area contributed by atoms with Crippen LogP contribution >= 0.6 is 0 Å². The molecule has 7 nitrogen and oxygen atoms in total. The van der Waals surface area contributed by atoms with E-state index in [1.165, 1.54) is 0 Å². The van der Waals surface area contributed by atoms with Gasteiger partial charge in [-0.1, -0.05) is 11.6 Å². The van der Waals surface area contributed by atoms with Crippen LogP contribution < -0.4 is 10.0 Å². The normalized spacial score (nSPS) is 21.2. The molecule has 0 saturated carbocycles. The highest BCUT2D eigenvalue weighted by molar-refractivity contribution is 7.87. The van der Waals surface area contributed by atoms with Crippen molar-refractivity contribution in [1.82, 2.24) is 19.5 Å². The zero-order valence-electron chi connectivity index (χ0n) is 11.9. The minimum Gasteiger partial charge on any atom is -0.361 e. The molecule has 20 heavy (non-hydrogen) atoms. The Morgan fingerprint density at radius 2 is 2.30 bits per heavy atom. The molecule has 1 atom stereocenters. The summed E-state index contributed by atoms with van der Waals surface area (Å²) in [7, 11) is -1.64. The topological polar surface area (TPSA) is 87.5 Å². The molecular weight excluding hydrogens is 280 g/mol. The smallest absolute Gasteiger partial charge is 0.280 e. The van der Waals surface area contributed by atoms with Gasteiger partial charge in [0.1, 0.15) is 5.76 Å². The van der Waals surface area contributed by atoms with Crippen molar-refractivity contribution in [1.29, 1.82) is 0 Å². The van der Waals surface area contributed by atoms with Gasteiger partial charge in [-0.05, 0) is 26.8 Å². The monoisotopic (exact) mass is 302 g/mol. The standard InChI is InChI=1S/C12H22N4O3S/c1-10-7-11(15-19-10)8-14-20(17,18)16-6-4-3-5-12(16)9-13-2/h7,12-14H,3-6,8-9H2,1-2H3. The van der Waals surface area contributed by atoms with Crippen LogP contribution in [-0.2, 0) is 16.8 Å². The van der Waals surface area contributed by atoms with Crippen LogP contribution in [0.25, 0.3) is 0 Å². The average Bonchev–Trinajstić information content (AvgIpc) is 2.83. The van der Waals surface area contributed by atoms with Crippen LogP contribution in [-0.4, -0.2) is 44.1 Å². The molecule has 1 aromatic heterocycles. The van der Waals surface area contributed by atoms with E-state index < -0.39 is 10.2 Å². The molecule has 1 aliphatic heterocycles. The van der Waals surface area contributed by atoms with E-state index in [9.17, 15) is 8.42 Å². The minimum absolute atomic E-state index is 0.0188. The first-order chi connectivity index (χ1) is 9.53. The lowest BCUT2D eigenvalue weighted by molar-refractivity contribution is 0.246. The molecule has 0 bridgehead atoms. The van der Waals surface area contributed by atoms with Gasteiger partial charge in [0.05, 0.1) is 12.2 Å². The third-order valence-corrected chi connectivity index (χ3v) is 5.04. The van der Waals surface area contributed by atoms with E-state index >= 15 is 0 Å². The number of aromatic nitrogens is 1.